The minimum atomic E-state index is -3.96. The van der Waals surface area contributed by atoms with Crippen LogP contribution in [0.4, 0.5) is 5.69 Å². The molecule has 2 fully saturated rings. The highest BCUT2D eigenvalue weighted by Gasteiger charge is 2.50. The Morgan fingerprint density at radius 3 is 2.60 bits per heavy atom. The van der Waals surface area contributed by atoms with Crippen LogP contribution in [0.15, 0.2) is 48.6 Å². The largest absolute Gasteiger partial charge is 0.490 e. The molecule has 2 aromatic carbocycles. The average molecular weight is 767 g/mol. The first-order valence-electron chi connectivity index (χ1n) is 19.8. The Hall–Kier alpha value is -2.63. The number of anilines is 1. The molecular formula is C42H59ClN4O5S. The summed E-state index contributed by atoms with van der Waals surface area (Å²) in [6.45, 7) is 17.3. The van der Waals surface area contributed by atoms with Crippen LogP contribution in [0.1, 0.15) is 88.2 Å². The van der Waals surface area contributed by atoms with Crippen LogP contribution in [0.25, 0.3) is 0 Å². The third-order valence-electron chi connectivity index (χ3n) is 13.6. The number of fused-ring (bicyclic) bond motifs is 4. The number of rotatable bonds is 4. The van der Waals surface area contributed by atoms with Gasteiger partial charge in [-0.2, -0.15) is 0 Å². The van der Waals surface area contributed by atoms with Crippen LogP contribution in [-0.2, 0) is 26.6 Å². The Morgan fingerprint density at radius 1 is 1.08 bits per heavy atom. The summed E-state index contributed by atoms with van der Waals surface area (Å²) in [7, 11) is -2.10. The Kier molecular flexibility index (Phi) is 10.8. The maximum absolute atomic E-state index is 13.7. The third kappa shape index (κ3) is 7.40. The summed E-state index contributed by atoms with van der Waals surface area (Å²) in [6, 6.07) is 11.7. The number of carbonyl (C=O) groups excluding carboxylic acids is 1. The number of carbonyl (C=O) groups is 1. The van der Waals surface area contributed by atoms with E-state index in [0.717, 1.165) is 94.4 Å². The first kappa shape index (κ1) is 38.6. The number of nitrogens with zero attached hydrogens (tertiary/aromatic N) is 3. The molecule has 6 atom stereocenters. The number of sulfonamides is 1. The van der Waals surface area contributed by atoms with E-state index in [4.69, 9.17) is 21.1 Å². The molecule has 7 rings (SSSR count). The molecule has 1 amide bonds. The van der Waals surface area contributed by atoms with Gasteiger partial charge in [0.25, 0.3) is 5.91 Å². The van der Waals surface area contributed by atoms with Crippen LogP contribution in [0.5, 0.6) is 5.75 Å². The minimum absolute atomic E-state index is 0.0496. The van der Waals surface area contributed by atoms with E-state index in [-0.39, 0.29) is 22.8 Å². The minimum Gasteiger partial charge on any atom is -0.490 e. The van der Waals surface area contributed by atoms with E-state index in [9.17, 15) is 13.2 Å². The SMILES string of the molecule is CCN1CCN(C[C@@]2(OC)/C=C/C[C@H](C)[C@@H](C)S(=O)(=O)NC(=O)c3ccc4c(c3)N(C[C@@H]3CC[C@H]32)C[C@@]2(CCCc3cc(Cl)ccc32)CO4)CC1(C)C. The van der Waals surface area contributed by atoms with Gasteiger partial charge < -0.3 is 14.4 Å². The van der Waals surface area contributed by atoms with Crippen molar-refractivity contribution in [3.8, 4) is 5.75 Å². The van der Waals surface area contributed by atoms with Gasteiger partial charge in [-0.3, -0.25) is 14.6 Å². The number of ether oxygens (including phenoxy) is 2. The second-order valence-corrected chi connectivity index (χ2v) is 19.8. The fourth-order valence-electron chi connectivity index (χ4n) is 10.2. The Morgan fingerprint density at radius 2 is 1.89 bits per heavy atom. The van der Waals surface area contributed by atoms with Gasteiger partial charge in [0.15, 0.2) is 0 Å². The zero-order chi connectivity index (χ0) is 37.8. The Labute approximate surface area is 322 Å². The number of amides is 1. The normalized spacial score (nSPS) is 33.8. The predicted octanol–water partition coefficient (Wildman–Crippen LogP) is 6.68. The van der Waals surface area contributed by atoms with Gasteiger partial charge in [0.2, 0.25) is 10.0 Å². The summed E-state index contributed by atoms with van der Waals surface area (Å²) in [5, 5.41) is -0.0283. The van der Waals surface area contributed by atoms with Gasteiger partial charge in [-0.1, -0.05) is 43.7 Å². The fraction of sp³-hybridized carbons (Fsp3) is 0.643. The van der Waals surface area contributed by atoms with Crippen LogP contribution in [-0.4, -0.2) is 100 Å². The molecule has 1 saturated carbocycles. The van der Waals surface area contributed by atoms with Gasteiger partial charge in [-0.25, -0.2) is 13.1 Å². The maximum Gasteiger partial charge on any atom is 0.264 e. The highest BCUT2D eigenvalue weighted by atomic mass is 35.5. The number of aryl methyl sites for hydroxylation is 1. The van der Waals surface area contributed by atoms with Crippen molar-refractivity contribution in [1.82, 2.24) is 14.5 Å². The first-order chi connectivity index (χ1) is 25.2. The number of nitrogens with one attached hydrogen (secondary N) is 1. The number of halogens is 1. The molecule has 0 unspecified atom stereocenters. The van der Waals surface area contributed by atoms with E-state index in [1.54, 1.807) is 13.0 Å². The quantitative estimate of drug-likeness (QED) is 0.345. The summed E-state index contributed by atoms with van der Waals surface area (Å²) in [5.41, 5.74) is 2.95. The Bertz CT molecular complexity index is 1830. The predicted molar refractivity (Wildman–Crippen MR) is 213 cm³/mol. The second-order valence-electron chi connectivity index (χ2n) is 17.3. The molecule has 9 nitrogen and oxygen atoms in total. The molecule has 5 aliphatic rings. The molecule has 290 valence electrons. The number of benzene rings is 2. The van der Waals surface area contributed by atoms with Crippen molar-refractivity contribution < 1.29 is 22.7 Å². The van der Waals surface area contributed by atoms with Crippen LogP contribution in [0.3, 0.4) is 0 Å². The van der Waals surface area contributed by atoms with E-state index < -0.39 is 26.8 Å². The van der Waals surface area contributed by atoms with Crippen molar-refractivity contribution in [1.29, 1.82) is 0 Å². The fourth-order valence-corrected chi connectivity index (χ4v) is 11.6. The zero-order valence-corrected chi connectivity index (χ0v) is 34.1. The number of hydrogen-bond acceptors (Lipinski definition) is 8. The van der Waals surface area contributed by atoms with Gasteiger partial charge in [0, 0.05) is 67.9 Å². The van der Waals surface area contributed by atoms with E-state index in [1.807, 2.05) is 32.2 Å². The lowest BCUT2D eigenvalue weighted by atomic mass is 9.63. The molecule has 2 bridgehead atoms. The molecular weight excluding hydrogens is 708 g/mol. The molecule has 1 spiro atoms. The molecule has 0 aromatic heterocycles. The lowest BCUT2D eigenvalue weighted by Crippen LogP contribution is -2.63. The van der Waals surface area contributed by atoms with Gasteiger partial charge in [0.1, 0.15) is 11.4 Å². The smallest absolute Gasteiger partial charge is 0.264 e. The second kappa shape index (κ2) is 14.8. The van der Waals surface area contributed by atoms with E-state index in [2.05, 4.69) is 64.5 Å². The number of methoxy groups -OCH3 is 1. The third-order valence-corrected chi connectivity index (χ3v) is 15.8. The van der Waals surface area contributed by atoms with Crippen LogP contribution >= 0.6 is 11.6 Å². The van der Waals surface area contributed by atoms with Crippen molar-refractivity contribution in [2.24, 2.45) is 17.8 Å². The molecule has 53 heavy (non-hydrogen) atoms. The maximum atomic E-state index is 13.7. The number of hydrogen-bond donors (Lipinski definition) is 1. The van der Waals surface area contributed by atoms with E-state index >= 15 is 0 Å². The number of likely N-dealkylation sites (N-methyl/N-ethyl adjacent to an activating group) is 1. The van der Waals surface area contributed by atoms with Crippen molar-refractivity contribution >= 4 is 33.2 Å². The topological polar surface area (TPSA) is 91.4 Å². The lowest BCUT2D eigenvalue weighted by Gasteiger charge is -2.54. The summed E-state index contributed by atoms with van der Waals surface area (Å²) in [5.74, 6) is 0.479. The molecule has 1 saturated heterocycles. The monoisotopic (exact) mass is 766 g/mol. The molecule has 0 radical (unpaired) electrons. The van der Waals surface area contributed by atoms with Gasteiger partial charge in [0.05, 0.1) is 17.5 Å². The number of piperazine rings is 1. The summed E-state index contributed by atoms with van der Waals surface area (Å²) in [4.78, 5) is 21.3. The van der Waals surface area contributed by atoms with Crippen molar-refractivity contribution in [3.63, 3.8) is 0 Å². The van der Waals surface area contributed by atoms with Gasteiger partial charge in [-0.15, -0.1) is 0 Å². The highest BCUT2D eigenvalue weighted by Crippen LogP contribution is 2.49. The van der Waals surface area contributed by atoms with Crippen LogP contribution in [0, 0.1) is 17.8 Å². The van der Waals surface area contributed by atoms with E-state index in [0.29, 0.717) is 24.5 Å². The summed E-state index contributed by atoms with van der Waals surface area (Å²) >= 11 is 6.51. The van der Waals surface area contributed by atoms with Gasteiger partial charge in [-0.05, 0) is 125 Å². The van der Waals surface area contributed by atoms with Crippen molar-refractivity contribution in [3.05, 3.63) is 70.3 Å². The molecule has 3 aliphatic heterocycles. The summed E-state index contributed by atoms with van der Waals surface area (Å²) in [6.07, 6.45) is 10.1. The molecule has 11 heteroatoms. The standard InChI is InChI=1S/C42H59ClN4O5S/c1-7-47-21-20-45(25-40(47,4)5)27-42(51-6)19-8-10-29(2)30(3)53(49,50)44-39(48)32-13-17-38-37(23-32)46(24-33-12-15-36(33)42)26-41(28-52-38)18-9-11-31-22-34(43)14-16-35(31)41/h8,13-14,16-17,19,22-23,29-30,33,36H,7,9-12,15,18,20-21,24-28H2,1-6H3,(H,44,48)/b19-8+/t29-,30+,33-,36+,41-,42-/m0/s1. The van der Waals surface area contributed by atoms with Crippen molar-refractivity contribution in [2.45, 2.75) is 94.9 Å². The molecule has 1 N–H and O–H groups in total. The van der Waals surface area contributed by atoms with Crippen LogP contribution in [0.2, 0.25) is 5.02 Å². The number of allylic oxidation sites excluding steroid dienone is 1. The average Bonchev–Trinajstić information content (AvgIpc) is 3.25. The molecule has 3 heterocycles. The Balaban J connectivity index is 1.30. The lowest BCUT2D eigenvalue weighted by molar-refractivity contribution is -0.104. The first-order valence-corrected chi connectivity index (χ1v) is 21.7. The zero-order valence-electron chi connectivity index (χ0n) is 32.5. The van der Waals surface area contributed by atoms with Gasteiger partial charge >= 0.3 is 0 Å². The molecule has 2 aromatic rings. The van der Waals surface area contributed by atoms with Crippen LogP contribution < -0.4 is 14.4 Å². The highest BCUT2D eigenvalue weighted by molar-refractivity contribution is 7.90. The van der Waals surface area contributed by atoms with Crippen molar-refractivity contribution in [2.75, 3.05) is 64.4 Å². The summed E-state index contributed by atoms with van der Waals surface area (Å²) < 4.78 is 43.1. The molecule has 2 aliphatic carbocycles. The van der Waals surface area contributed by atoms with E-state index in [1.165, 1.54) is 11.1 Å².